The number of carbonyl (C=O) groups excluding carboxylic acids is 2. The molecule has 8 heteroatoms. The summed E-state index contributed by atoms with van der Waals surface area (Å²) in [5.74, 6) is -0.296. The van der Waals surface area contributed by atoms with Crippen LogP contribution in [-0.2, 0) is 17.6 Å². The predicted octanol–water partition coefficient (Wildman–Crippen LogP) is 5.14. The highest BCUT2D eigenvalue weighted by Gasteiger charge is 2.32. The molecule has 3 heterocycles. The Balaban J connectivity index is 1.42. The standard InChI is InChI=1S/C25H24ClN3O3S/c26-18-9-7-16(8-10-18)20-15-29(12-13-32-20)25(31)22-19-5-1-2-6-21(19)33-24(22)28-23(30)17-4-3-11-27-14-17/h3-4,7-11,14,20H,1-2,5-6,12-13,15H2,(H,28,30). The van der Waals surface area contributed by atoms with Crippen molar-refractivity contribution in [2.24, 2.45) is 0 Å². The van der Waals surface area contributed by atoms with Gasteiger partial charge in [-0.15, -0.1) is 11.3 Å². The second kappa shape index (κ2) is 9.63. The number of rotatable bonds is 4. The smallest absolute Gasteiger partial charge is 0.257 e. The number of hydrogen-bond donors (Lipinski definition) is 1. The maximum Gasteiger partial charge on any atom is 0.257 e. The van der Waals surface area contributed by atoms with Crippen LogP contribution in [0.3, 0.4) is 0 Å². The highest BCUT2D eigenvalue weighted by atomic mass is 35.5. The first kappa shape index (κ1) is 22.1. The molecule has 1 N–H and O–H groups in total. The first-order valence-corrected chi connectivity index (χ1v) is 12.3. The molecule has 2 aromatic heterocycles. The fraction of sp³-hybridized carbons (Fsp3) is 0.320. The molecule has 1 atom stereocenters. The number of nitrogens with one attached hydrogen (secondary N) is 1. The van der Waals surface area contributed by atoms with Crippen LogP contribution in [-0.4, -0.2) is 41.4 Å². The zero-order valence-electron chi connectivity index (χ0n) is 18.1. The molecular weight excluding hydrogens is 458 g/mol. The number of aryl methyl sites for hydroxylation is 1. The van der Waals surface area contributed by atoms with Crippen molar-refractivity contribution in [1.82, 2.24) is 9.88 Å². The van der Waals surface area contributed by atoms with Gasteiger partial charge in [0.25, 0.3) is 11.8 Å². The second-order valence-electron chi connectivity index (χ2n) is 8.27. The first-order valence-electron chi connectivity index (χ1n) is 11.1. The van der Waals surface area contributed by atoms with Gasteiger partial charge in [0.15, 0.2) is 0 Å². The van der Waals surface area contributed by atoms with Gasteiger partial charge in [-0.05, 0) is 61.1 Å². The van der Waals surface area contributed by atoms with E-state index in [0.29, 0.717) is 40.8 Å². The number of hydrogen-bond acceptors (Lipinski definition) is 5. The molecule has 2 aliphatic rings. The fourth-order valence-electron chi connectivity index (χ4n) is 4.42. The van der Waals surface area contributed by atoms with E-state index < -0.39 is 0 Å². The van der Waals surface area contributed by atoms with E-state index in [4.69, 9.17) is 16.3 Å². The topological polar surface area (TPSA) is 71.5 Å². The molecule has 1 fully saturated rings. The zero-order valence-corrected chi connectivity index (χ0v) is 19.6. The lowest BCUT2D eigenvalue weighted by Crippen LogP contribution is -2.42. The summed E-state index contributed by atoms with van der Waals surface area (Å²) in [6.07, 6.45) is 6.92. The van der Waals surface area contributed by atoms with Gasteiger partial charge in [-0.3, -0.25) is 14.6 Å². The molecule has 6 nitrogen and oxygen atoms in total. The maximum absolute atomic E-state index is 13.8. The van der Waals surface area contributed by atoms with Crippen LogP contribution in [0.2, 0.25) is 5.02 Å². The summed E-state index contributed by atoms with van der Waals surface area (Å²) in [5, 5.41) is 4.30. The van der Waals surface area contributed by atoms with E-state index in [0.717, 1.165) is 36.8 Å². The Labute approximate surface area is 201 Å². The number of thiophene rings is 1. The van der Waals surface area contributed by atoms with E-state index >= 15 is 0 Å². The lowest BCUT2D eigenvalue weighted by atomic mass is 9.94. The molecule has 1 aromatic carbocycles. The Morgan fingerprint density at radius 1 is 1.15 bits per heavy atom. The number of anilines is 1. The van der Waals surface area contributed by atoms with Crippen LogP contribution in [0.15, 0.2) is 48.8 Å². The summed E-state index contributed by atoms with van der Waals surface area (Å²) >= 11 is 7.56. The van der Waals surface area contributed by atoms with Crippen LogP contribution < -0.4 is 5.32 Å². The number of carbonyl (C=O) groups is 2. The van der Waals surface area contributed by atoms with Crippen molar-refractivity contribution >= 4 is 39.8 Å². The lowest BCUT2D eigenvalue weighted by Gasteiger charge is -2.33. The minimum atomic E-state index is -0.253. The third-order valence-corrected chi connectivity index (χ3v) is 7.59. The summed E-state index contributed by atoms with van der Waals surface area (Å²) in [6.45, 7) is 1.44. The minimum absolute atomic E-state index is 0.0434. The van der Waals surface area contributed by atoms with Gasteiger partial charge < -0.3 is 15.0 Å². The lowest BCUT2D eigenvalue weighted by molar-refractivity contribution is -0.0228. The average Bonchev–Trinajstić information content (AvgIpc) is 3.22. The predicted molar refractivity (Wildman–Crippen MR) is 129 cm³/mol. The third kappa shape index (κ3) is 4.67. The summed E-state index contributed by atoms with van der Waals surface area (Å²) < 4.78 is 5.96. The number of benzene rings is 1. The van der Waals surface area contributed by atoms with Crippen LogP contribution in [0.1, 0.15) is 55.7 Å². The molecule has 0 bridgehead atoms. The average molecular weight is 482 g/mol. The van der Waals surface area contributed by atoms with Gasteiger partial charge in [0.05, 0.1) is 24.3 Å². The number of aromatic nitrogens is 1. The summed E-state index contributed by atoms with van der Waals surface area (Å²) in [4.78, 5) is 33.7. The number of nitrogens with zero attached hydrogens (tertiary/aromatic N) is 2. The number of amides is 2. The molecule has 0 radical (unpaired) electrons. The van der Waals surface area contributed by atoms with E-state index in [9.17, 15) is 9.59 Å². The number of halogens is 1. The highest BCUT2D eigenvalue weighted by Crippen LogP contribution is 2.39. The molecule has 0 spiro atoms. The van der Waals surface area contributed by atoms with Crippen molar-refractivity contribution in [2.45, 2.75) is 31.8 Å². The normalized spacial score (nSPS) is 18.0. The van der Waals surface area contributed by atoms with Crippen LogP contribution in [0.25, 0.3) is 0 Å². The number of morpholine rings is 1. The largest absolute Gasteiger partial charge is 0.370 e. The molecule has 3 aromatic rings. The summed E-state index contributed by atoms with van der Waals surface area (Å²) in [5.41, 5.74) is 3.20. The van der Waals surface area contributed by atoms with Crippen LogP contribution in [0.5, 0.6) is 0 Å². The third-order valence-electron chi connectivity index (χ3n) is 6.13. The Morgan fingerprint density at radius 2 is 1.97 bits per heavy atom. The number of ether oxygens (including phenoxy) is 1. The van der Waals surface area contributed by atoms with Crippen LogP contribution in [0.4, 0.5) is 5.00 Å². The first-order chi connectivity index (χ1) is 16.1. The molecule has 0 saturated carbocycles. The molecule has 1 aliphatic heterocycles. The van der Waals surface area contributed by atoms with Gasteiger partial charge in [-0.2, -0.15) is 0 Å². The molecule has 1 unspecified atom stereocenters. The van der Waals surface area contributed by atoms with Crippen molar-refractivity contribution in [2.75, 3.05) is 25.0 Å². The van der Waals surface area contributed by atoms with E-state index in [-0.39, 0.29) is 17.9 Å². The SMILES string of the molecule is O=C(Nc1sc2c(c1C(=O)N1CCOC(c3ccc(Cl)cc3)C1)CCCC2)c1cccnc1. The molecule has 170 valence electrons. The van der Waals surface area contributed by atoms with E-state index in [1.54, 1.807) is 18.3 Å². The molecule has 1 saturated heterocycles. The summed E-state index contributed by atoms with van der Waals surface area (Å²) in [6, 6.07) is 11.0. The van der Waals surface area contributed by atoms with E-state index in [2.05, 4.69) is 10.3 Å². The monoisotopic (exact) mass is 481 g/mol. The maximum atomic E-state index is 13.8. The minimum Gasteiger partial charge on any atom is -0.370 e. The van der Waals surface area contributed by atoms with E-state index in [1.165, 1.54) is 22.4 Å². The Morgan fingerprint density at radius 3 is 2.76 bits per heavy atom. The quantitative estimate of drug-likeness (QED) is 0.560. The van der Waals surface area contributed by atoms with Crippen molar-refractivity contribution in [3.63, 3.8) is 0 Å². The van der Waals surface area contributed by atoms with Gasteiger partial charge in [-0.1, -0.05) is 23.7 Å². The molecule has 5 rings (SSSR count). The summed E-state index contributed by atoms with van der Waals surface area (Å²) in [7, 11) is 0. The van der Waals surface area contributed by atoms with Gasteiger partial charge in [0.1, 0.15) is 11.1 Å². The van der Waals surface area contributed by atoms with Crippen molar-refractivity contribution in [1.29, 1.82) is 0 Å². The second-order valence-corrected chi connectivity index (χ2v) is 9.81. The van der Waals surface area contributed by atoms with Crippen molar-refractivity contribution < 1.29 is 14.3 Å². The molecule has 33 heavy (non-hydrogen) atoms. The fourth-order valence-corrected chi connectivity index (χ4v) is 5.83. The zero-order chi connectivity index (χ0) is 22.8. The Hall–Kier alpha value is -2.74. The molecule has 2 amide bonds. The van der Waals surface area contributed by atoms with Gasteiger partial charge >= 0.3 is 0 Å². The van der Waals surface area contributed by atoms with Crippen LogP contribution in [0, 0.1) is 0 Å². The number of fused-ring (bicyclic) bond motifs is 1. The van der Waals surface area contributed by atoms with E-state index in [1.807, 2.05) is 29.2 Å². The van der Waals surface area contributed by atoms with Crippen molar-refractivity contribution in [3.05, 3.63) is 80.9 Å². The van der Waals surface area contributed by atoms with Gasteiger partial charge in [-0.25, -0.2) is 0 Å². The van der Waals surface area contributed by atoms with Gasteiger partial charge in [0.2, 0.25) is 0 Å². The van der Waals surface area contributed by atoms with Crippen LogP contribution >= 0.6 is 22.9 Å². The molecule has 1 aliphatic carbocycles. The Bertz CT molecular complexity index is 1160. The Kier molecular flexibility index (Phi) is 6.44. The number of pyridine rings is 1. The van der Waals surface area contributed by atoms with Crippen molar-refractivity contribution in [3.8, 4) is 0 Å². The molecular formula is C25H24ClN3O3S. The highest BCUT2D eigenvalue weighted by molar-refractivity contribution is 7.17. The van der Waals surface area contributed by atoms with Gasteiger partial charge in [0, 0.05) is 28.8 Å².